The monoisotopic (exact) mass is 290 g/mol. The molecule has 1 aliphatic rings. The van der Waals surface area contributed by atoms with Gasteiger partial charge in [-0.25, -0.2) is 4.79 Å². The molecule has 0 saturated carbocycles. The Morgan fingerprint density at radius 1 is 1.14 bits per heavy atom. The van der Waals surface area contributed by atoms with Gasteiger partial charge >= 0.3 is 6.03 Å². The third kappa shape index (κ3) is 4.63. The number of anilines is 2. The molecule has 0 spiro atoms. The van der Waals surface area contributed by atoms with Gasteiger partial charge in [0.1, 0.15) is 0 Å². The first-order valence-electron chi connectivity index (χ1n) is 7.38. The largest absolute Gasteiger partial charge is 0.399 e. The Balaban J connectivity index is 1.94. The molecular weight excluding hydrogens is 264 g/mol. The Morgan fingerprint density at radius 3 is 2.19 bits per heavy atom. The van der Waals surface area contributed by atoms with Crippen molar-refractivity contribution < 1.29 is 4.79 Å². The number of nitrogens with one attached hydrogen (secondary N) is 3. The van der Waals surface area contributed by atoms with Crippen molar-refractivity contribution in [2.75, 3.05) is 11.1 Å². The highest BCUT2D eigenvalue weighted by Gasteiger charge is 2.38. The maximum Gasteiger partial charge on any atom is 0.319 e. The standard InChI is InChI=1S/C16H26N4O/c1-15(2)9-13(10-16(3,4)20-15)19-14(21)18-12-7-5-11(17)6-8-12/h5-8,13,20H,9-10,17H2,1-4H3,(H2,18,19,21). The van der Waals surface area contributed by atoms with Crippen molar-refractivity contribution in [3.05, 3.63) is 24.3 Å². The quantitative estimate of drug-likeness (QED) is 0.632. The van der Waals surface area contributed by atoms with Crippen LogP contribution in [0.4, 0.5) is 16.2 Å². The first-order valence-corrected chi connectivity index (χ1v) is 7.38. The summed E-state index contributed by atoms with van der Waals surface area (Å²) >= 11 is 0. The topological polar surface area (TPSA) is 79.2 Å². The summed E-state index contributed by atoms with van der Waals surface area (Å²) in [7, 11) is 0. The number of hydrogen-bond donors (Lipinski definition) is 4. The van der Waals surface area contributed by atoms with Gasteiger partial charge < -0.3 is 21.7 Å². The second kappa shape index (κ2) is 5.56. The molecule has 1 saturated heterocycles. The van der Waals surface area contributed by atoms with Crippen LogP contribution in [0, 0.1) is 0 Å². The van der Waals surface area contributed by atoms with Crippen LogP contribution in [0.5, 0.6) is 0 Å². The highest BCUT2D eigenvalue weighted by molar-refractivity contribution is 5.89. The zero-order valence-corrected chi connectivity index (χ0v) is 13.3. The molecule has 0 bridgehead atoms. The van der Waals surface area contributed by atoms with Crippen molar-refractivity contribution in [1.29, 1.82) is 0 Å². The Hall–Kier alpha value is -1.75. The lowest BCUT2D eigenvalue weighted by Crippen LogP contribution is -2.62. The van der Waals surface area contributed by atoms with E-state index in [2.05, 4.69) is 43.6 Å². The predicted octanol–water partition coefficient (Wildman–Crippen LogP) is 2.70. The molecule has 1 heterocycles. The van der Waals surface area contributed by atoms with E-state index in [4.69, 9.17) is 5.73 Å². The van der Waals surface area contributed by atoms with Crippen molar-refractivity contribution in [3.63, 3.8) is 0 Å². The molecule has 1 aromatic carbocycles. The van der Waals surface area contributed by atoms with Crippen LogP contribution < -0.4 is 21.7 Å². The average Bonchev–Trinajstić information content (AvgIpc) is 2.27. The van der Waals surface area contributed by atoms with Gasteiger partial charge in [-0.2, -0.15) is 0 Å². The SMILES string of the molecule is CC1(C)CC(NC(=O)Nc2ccc(N)cc2)CC(C)(C)N1. The normalized spacial score (nSPS) is 20.8. The summed E-state index contributed by atoms with van der Waals surface area (Å²) in [5.74, 6) is 0. The number of benzene rings is 1. The number of carbonyl (C=O) groups excluding carboxylic acids is 1. The van der Waals surface area contributed by atoms with Crippen LogP contribution >= 0.6 is 0 Å². The second-order valence-corrected chi connectivity index (χ2v) is 7.22. The number of urea groups is 1. The number of nitrogens with two attached hydrogens (primary N) is 1. The number of rotatable bonds is 2. The Morgan fingerprint density at radius 2 is 1.67 bits per heavy atom. The summed E-state index contributed by atoms with van der Waals surface area (Å²) in [6, 6.07) is 7.12. The van der Waals surface area contributed by atoms with Gasteiger partial charge in [-0.05, 0) is 64.8 Å². The Bertz CT molecular complexity index is 492. The summed E-state index contributed by atoms with van der Waals surface area (Å²) in [5, 5.41) is 9.52. The van der Waals surface area contributed by atoms with Gasteiger partial charge in [-0.1, -0.05) is 0 Å². The van der Waals surface area contributed by atoms with E-state index in [1.54, 1.807) is 24.3 Å². The molecule has 2 rings (SSSR count). The third-order valence-electron chi connectivity index (χ3n) is 3.69. The lowest BCUT2D eigenvalue weighted by molar-refractivity contribution is 0.149. The molecule has 2 amide bonds. The van der Waals surface area contributed by atoms with Crippen LogP contribution in [0.1, 0.15) is 40.5 Å². The van der Waals surface area contributed by atoms with Crippen LogP contribution in [0.2, 0.25) is 0 Å². The maximum absolute atomic E-state index is 12.1. The predicted molar refractivity (Wildman–Crippen MR) is 87.3 cm³/mol. The van der Waals surface area contributed by atoms with Crippen LogP contribution in [0.25, 0.3) is 0 Å². The average molecular weight is 290 g/mol. The van der Waals surface area contributed by atoms with Gasteiger partial charge in [0.15, 0.2) is 0 Å². The fraction of sp³-hybridized carbons (Fsp3) is 0.562. The first-order chi connectivity index (χ1) is 9.65. The Labute approximate surface area is 126 Å². The molecule has 5 N–H and O–H groups in total. The van der Waals surface area contributed by atoms with Gasteiger partial charge in [0.25, 0.3) is 0 Å². The van der Waals surface area contributed by atoms with E-state index in [1.165, 1.54) is 0 Å². The van der Waals surface area contributed by atoms with Crippen molar-refractivity contribution >= 4 is 17.4 Å². The minimum atomic E-state index is -0.168. The van der Waals surface area contributed by atoms with Gasteiger partial charge in [0, 0.05) is 28.5 Å². The highest BCUT2D eigenvalue weighted by Crippen LogP contribution is 2.28. The van der Waals surface area contributed by atoms with Crippen molar-refractivity contribution in [2.45, 2.75) is 57.7 Å². The van der Waals surface area contributed by atoms with Crippen LogP contribution in [-0.2, 0) is 0 Å². The number of nitrogen functional groups attached to an aromatic ring is 1. The van der Waals surface area contributed by atoms with Gasteiger partial charge in [-0.3, -0.25) is 0 Å². The van der Waals surface area contributed by atoms with E-state index in [0.717, 1.165) is 18.5 Å². The third-order valence-corrected chi connectivity index (χ3v) is 3.69. The van der Waals surface area contributed by atoms with E-state index >= 15 is 0 Å². The van der Waals surface area contributed by atoms with Gasteiger partial charge in [-0.15, -0.1) is 0 Å². The molecule has 0 unspecified atom stereocenters. The first kappa shape index (κ1) is 15.6. The summed E-state index contributed by atoms with van der Waals surface area (Å²) < 4.78 is 0. The molecule has 0 radical (unpaired) electrons. The second-order valence-electron chi connectivity index (χ2n) is 7.22. The fourth-order valence-corrected chi connectivity index (χ4v) is 3.34. The summed E-state index contributed by atoms with van der Waals surface area (Å²) in [6.45, 7) is 8.67. The lowest BCUT2D eigenvalue weighted by atomic mass is 9.80. The number of amides is 2. The van der Waals surface area contributed by atoms with E-state index in [1.807, 2.05) is 0 Å². The molecule has 1 fully saturated rings. The number of carbonyl (C=O) groups is 1. The van der Waals surface area contributed by atoms with Gasteiger partial charge in [0.2, 0.25) is 0 Å². The van der Waals surface area contributed by atoms with Crippen LogP contribution in [0.3, 0.4) is 0 Å². The highest BCUT2D eigenvalue weighted by atomic mass is 16.2. The molecule has 21 heavy (non-hydrogen) atoms. The molecule has 0 aromatic heterocycles. The number of piperidine rings is 1. The van der Waals surface area contributed by atoms with Crippen molar-refractivity contribution in [3.8, 4) is 0 Å². The minimum Gasteiger partial charge on any atom is -0.399 e. The molecule has 5 nitrogen and oxygen atoms in total. The van der Waals surface area contributed by atoms with Crippen molar-refractivity contribution in [2.24, 2.45) is 0 Å². The lowest BCUT2D eigenvalue weighted by Gasteiger charge is -2.46. The van der Waals surface area contributed by atoms with E-state index in [9.17, 15) is 4.79 Å². The zero-order valence-electron chi connectivity index (χ0n) is 13.3. The molecule has 0 atom stereocenters. The van der Waals surface area contributed by atoms with E-state index < -0.39 is 0 Å². The maximum atomic E-state index is 12.1. The molecule has 1 aliphatic heterocycles. The van der Waals surface area contributed by atoms with Crippen molar-refractivity contribution in [1.82, 2.24) is 10.6 Å². The minimum absolute atomic E-state index is 0.0148. The summed E-state index contributed by atoms with van der Waals surface area (Å²) in [6.07, 6.45) is 1.82. The zero-order chi connectivity index (χ0) is 15.7. The van der Waals surface area contributed by atoms with E-state index in [-0.39, 0.29) is 23.2 Å². The summed E-state index contributed by atoms with van der Waals surface area (Å²) in [4.78, 5) is 12.1. The summed E-state index contributed by atoms with van der Waals surface area (Å²) in [5.41, 5.74) is 7.09. The molecule has 0 aliphatic carbocycles. The Kier molecular flexibility index (Phi) is 4.14. The molecule has 116 valence electrons. The molecular formula is C16H26N4O. The van der Waals surface area contributed by atoms with E-state index in [0.29, 0.717) is 5.69 Å². The van der Waals surface area contributed by atoms with Crippen LogP contribution in [0.15, 0.2) is 24.3 Å². The van der Waals surface area contributed by atoms with Crippen LogP contribution in [-0.4, -0.2) is 23.2 Å². The molecule has 1 aromatic rings. The smallest absolute Gasteiger partial charge is 0.319 e. The van der Waals surface area contributed by atoms with Gasteiger partial charge in [0.05, 0.1) is 0 Å². The molecule has 5 heteroatoms. The number of hydrogen-bond acceptors (Lipinski definition) is 3. The fourth-order valence-electron chi connectivity index (χ4n) is 3.34.